The molecule has 34 heavy (non-hydrogen) atoms. The molecule has 5 nitrogen and oxygen atoms in total. The number of nitrogens with zero attached hydrogens (tertiary/aromatic N) is 2. The number of nitrogens with one attached hydrogen (secondary N) is 1. The maximum Gasteiger partial charge on any atom is 0.416 e. The van der Waals surface area contributed by atoms with Gasteiger partial charge in [0.15, 0.2) is 0 Å². The molecule has 4 rings (SSSR count). The van der Waals surface area contributed by atoms with Crippen molar-refractivity contribution in [3.05, 3.63) is 83.4 Å². The lowest BCUT2D eigenvalue weighted by Gasteiger charge is -2.35. The Morgan fingerprint density at radius 1 is 0.882 bits per heavy atom. The predicted octanol–water partition coefficient (Wildman–Crippen LogP) is 3.86. The summed E-state index contributed by atoms with van der Waals surface area (Å²) in [4.78, 5) is 28.7. The standard InChI is InChI=1S/C26H26F3N3O2/c27-26(28,29)22-9-3-5-19(15-22)18-31-11-13-32(14-12-31)25(34)17-30-24(33)16-21-8-4-7-20-6-1-2-10-23(20)21/h1-10,15H,11-14,16-18H2,(H,30,33). The van der Waals surface area contributed by atoms with Gasteiger partial charge in [-0.1, -0.05) is 60.7 Å². The lowest BCUT2D eigenvalue weighted by Crippen LogP contribution is -2.50. The Hall–Kier alpha value is -3.39. The predicted molar refractivity (Wildman–Crippen MR) is 124 cm³/mol. The van der Waals surface area contributed by atoms with Gasteiger partial charge in [-0.15, -0.1) is 0 Å². The van der Waals surface area contributed by atoms with Gasteiger partial charge in [-0.3, -0.25) is 14.5 Å². The third-order valence-electron chi connectivity index (χ3n) is 6.05. The number of alkyl halides is 3. The van der Waals surface area contributed by atoms with Crippen molar-refractivity contribution in [3.63, 3.8) is 0 Å². The zero-order valence-electron chi connectivity index (χ0n) is 18.6. The molecule has 0 aliphatic carbocycles. The van der Waals surface area contributed by atoms with Gasteiger partial charge in [-0.2, -0.15) is 13.2 Å². The van der Waals surface area contributed by atoms with Crippen LogP contribution in [0.5, 0.6) is 0 Å². The lowest BCUT2D eigenvalue weighted by atomic mass is 10.0. The molecule has 1 fully saturated rings. The summed E-state index contributed by atoms with van der Waals surface area (Å²) in [6.07, 6.45) is -4.17. The first-order valence-electron chi connectivity index (χ1n) is 11.2. The van der Waals surface area contributed by atoms with Crippen molar-refractivity contribution in [1.82, 2.24) is 15.1 Å². The fourth-order valence-electron chi connectivity index (χ4n) is 4.23. The number of halogens is 3. The Balaban J connectivity index is 1.23. The Bertz CT molecular complexity index is 1170. The second kappa shape index (κ2) is 10.3. The van der Waals surface area contributed by atoms with Gasteiger partial charge in [0, 0.05) is 32.7 Å². The van der Waals surface area contributed by atoms with Gasteiger partial charge in [0.2, 0.25) is 11.8 Å². The fourth-order valence-corrected chi connectivity index (χ4v) is 4.23. The Kier molecular flexibility index (Phi) is 7.17. The summed E-state index contributed by atoms with van der Waals surface area (Å²) < 4.78 is 38.8. The molecule has 178 valence electrons. The first-order valence-corrected chi connectivity index (χ1v) is 11.2. The zero-order chi connectivity index (χ0) is 24.1. The highest BCUT2D eigenvalue weighted by Crippen LogP contribution is 2.29. The van der Waals surface area contributed by atoms with Crippen molar-refractivity contribution < 1.29 is 22.8 Å². The molecule has 1 aliphatic rings. The molecule has 0 unspecified atom stereocenters. The largest absolute Gasteiger partial charge is 0.416 e. The minimum absolute atomic E-state index is 0.0722. The number of hydrogen-bond donors (Lipinski definition) is 1. The molecule has 3 aromatic rings. The van der Waals surface area contributed by atoms with E-state index >= 15 is 0 Å². The fraction of sp³-hybridized carbons (Fsp3) is 0.308. The smallest absolute Gasteiger partial charge is 0.347 e. The Morgan fingerprint density at radius 2 is 1.59 bits per heavy atom. The van der Waals surface area contributed by atoms with Crippen molar-refractivity contribution in [2.45, 2.75) is 19.1 Å². The molecule has 8 heteroatoms. The summed E-state index contributed by atoms with van der Waals surface area (Å²) in [6, 6.07) is 19.0. The molecule has 0 bridgehead atoms. The van der Waals surface area contributed by atoms with E-state index in [-0.39, 0.29) is 24.8 Å². The quantitative estimate of drug-likeness (QED) is 0.597. The first-order chi connectivity index (χ1) is 16.3. The highest BCUT2D eigenvalue weighted by atomic mass is 19.4. The van der Waals surface area contributed by atoms with Crippen LogP contribution in [-0.4, -0.2) is 54.3 Å². The average Bonchev–Trinajstić information content (AvgIpc) is 2.83. The van der Waals surface area contributed by atoms with Gasteiger partial charge < -0.3 is 10.2 Å². The Labute approximate surface area is 196 Å². The third-order valence-corrected chi connectivity index (χ3v) is 6.05. The van der Waals surface area contributed by atoms with Gasteiger partial charge in [-0.25, -0.2) is 0 Å². The molecule has 1 heterocycles. The van der Waals surface area contributed by atoms with E-state index in [1.54, 1.807) is 11.0 Å². The van der Waals surface area contributed by atoms with Gasteiger partial charge >= 0.3 is 6.18 Å². The molecule has 0 spiro atoms. The number of rotatable bonds is 6. The van der Waals surface area contributed by atoms with E-state index in [4.69, 9.17) is 0 Å². The molecule has 0 atom stereocenters. The van der Waals surface area contributed by atoms with Gasteiger partial charge in [0.25, 0.3) is 0 Å². The molecule has 1 saturated heterocycles. The van der Waals surface area contributed by atoms with E-state index in [1.807, 2.05) is 47.4 Å². The van der Waals surface area contributed by atoms with Crippen molar-refractivity contribution in [1.29, 1.82) is 0 Å². The van der Waals surface area contributed by atoms with Gasteiger partial charge in [-0.05, 0) is 28.0 Å². The summed E-state index contributed by atoms with van der Waals surface area (Å²) in [5.74, 6) is -0.377. The second-order valence-electron chi connectivity index (χ2n) is 8.45. The van der Waals surface area contributed by atoms with Crippen molar-refractivity contribution in [2.75, 3.05) is 32.7 Å². The highest BCUT2D eigenvalue weighted by Gasteiger charge is 2.30. The van der Waals surface area contributed by atoms with Crippen LogP contribution < -0.4 is 5.32 Å². The Morgan fingerprint density at radius 3 is 2.35 bits per heavy atom. The lowest BCUT2D eigenvalue weighted by molar-refractivity contribution is -0.137. The topological polar surface area (TPSA) is 52.7 Å². The van der Waals surface area contributed by atoms with Crippen LogP contribution in [0.15, 0.2) is 66.7 Å². The summed E-state index contributed by atoms with van der Waals surface area (Å²) >= 11 is 0. The number of piperazine rings is 1. The number of carbonyl (C=O) groups is 2. The summed E-state index contributed by atoms with van der Waals surface area (Å²) in [6.45, 7) is 2.39. The molecule has 1 N–H and O–H groups in total. The van der Waals surface area contributed by atoms with E-state index in [9.17, 15) is 22.8 Å². The SMILES string of the molecule is O=C(Cc1cccc2ccccc12)NCC(=O)N1CCN(Cc2cccc(C(F)(F)F)c2)CC1. The van der Waals surface area contributed by atoms with E-state index in [2.05, 4.69) is 5.32 Å². The first kappa shape index (κ1) is 23.8. The molecule has 1 aliphatic heterocycles. The van der Waals surface area contributed by atoms with Crippen molar-refractivity contribution in [3.8, 4) is 0 Å². The van der Waals surface area contributed by atoms with E-state index in [0.717, 1.165) is 22.4 Å². The van der Waals surface area contributed by atoms with Gasteiger partial charge in [0.1, 0.15) is 0 Å². The molecular formula is C26H26F3N3O2. The molecule has 3 aromatic carbocycles. The normalized spacial score (nSPS) is 14.9. The number of carbonyl (C=O) groups excluding carboxylic acids is 2. The summed E-state index contributed by atoms with van der Waals surface area (Å²) in [7, 11) is 0. The molecular weight excluding hydrogens is 443 g/mol. The molecule has 0 aromatic heterocycles. The number of fused-ring (bicyclic) bond motifs is 1. The second-order valence-corrected chi connectivity index (χ2v) is 8.45. The monoisotopic (exact) mass is 469 g/mol. The highest BCUT2D eigenvalue weighted by molar-refractivity contribution is 5.91. The van der Waals surface area contributed by atoms with E-state index in [0.29, 0.717) is 38.3 Å². The van der Waals surface area contributed by atoms with Crippen LogP contribution in [0.25, 0.3) is 10.8 Å². The van der Waals surface area contributed by atoms with Crippen LogP contribution in [0.3, 0.4) is 0 Å². The minimum atomic E-state index is -4.36. The van der Waals surface area contributed by atoms with Crippen LogP contribution in [0.2, 0.25) is 0 Å². The van der Waals surface area contributed by atoms with Crippen LogP contribution in [0.4, 0.5) is 13.2 Å². The molecule has 0 radical (unpaired) electrons. The average molecular weight is 470 g/mol. The summed E-state index contributed by atoms with van der Waals surface area (Å²) in [5, 5.41) is 4.79. The maximum absolute atomic E-state index is 12.9. The number of benzene rings is 3. The number of hydrogen-bond acceptors (Lipinski definition) is 3. The zero-order valence-corrected chi connectivity index (χ0v) is 18.6. The van der Waals surface area contributed by atoms with Gasteiger partial charge in [0.05, 0.1) is 18.5 Å². The van der Waals surface area contributed by atoms with Crippen molar-refractivity contribution in [2.24, 2.45) is 0 Å². The van der Waals surface area contributed by atoms with Crippen molar-refractivity contribution >= 4 is 22.6 Å². The van der Waals surface area contributed by atoms with Crippen LogP contribution >= 0.6 is 0 Å². The maximum atomic E-state index is 12.9. The number of amides is 2. The molecule has 0 saturated carbocycles. The van der Waals surface area contributed by atoms with Crippen LogP contribution in [-0.2, 0) is 28.7 Å². The summed E-state index contributed by atoms with van der Waals surface area (Å²) in [5.41, 5.74) is 0.847. The third kappa shape index (κ3) is 5.94. The van der Waals surface area contributed by atoms with E-state index < -0.39 is 11.7 Å². The van der Waals surface area contributed by atoms with Crippen LogP contribution in [0, 0.1) is 0 Å². The van der Waals surface area contributed by atoms with Crippen LogP contribution in [0.1, 0.15) is 16.7 Å². The minimum Gasteiger partial charge on any atom is -0.347 e. The molecule has 2 amide bonds. The van der Waals surface area contributed by atoms with E-state index in [1.165, 1.54) is 12.1 Å².